The molecule has 0 bridgehead atoms. The number of hydrogen-bond donors (Lipinski definition) is 2. The standard InChI is InChI=1S/C16H16N6O/c23-16(18-12-6-7-14-11(8-12)9-17-19-14)15-10-22(21-20-15)13-4-2-1-3-5-13/h1-5,9-10,12H,6-8H2,(H,17,19)(H,18,23). The number of aryl methyl sites for hydroxylation is 1. The molecule has 0 radical (unpaired) electrons. The zero-order valence-corrected chi connectivity index (χ0v) is 12.4. The lowest BCUT2D eigenvalue weighted by atomic mass is 9.93. The Balaban J connectivity index is 1.45. The fourth-order valence-corrected chi connectivity index (χ4v) is 2.87. The van der Waals surface area contributed by atoms with E-state index in [1.54, 1.807) is 10.9 Å². The van der Waals surface area contributed by atoms with Crippen LogP contribution >= 0.6 is 0 Å². The Bertz CT molecular complexity index is 822. The first kappa shape index (κ1) is 13.7. The van der Waals surface area contributed by atoms with Gasteiger partial charge in [-0.2, -0.15) is 5.10 Å². The van der Waals surface area contributed by atoms with Crippen LogP contribution in [0.4, 0.5) is 0 Å². The second kappa shape index (κ2) is 5.68. The zero-order chi connectivity index (χ0) is 15.6. The van der Waals surface area contributed by atoms with Crippen molar-refractivity contribution in [2.75, 3.05) is 0 Å². The van der Waals surface area contributed by atoms with E-state index in [0.29, 0.717) is 5.69 Å². The highest BCUT2D eigenvalue weighted by Gasteiger charge is 2.23. The molecule has 2 N–H and O–H groups in total. The summed E-state index contributed by atoms with van der Waals surface area (Å²) in [6, 6.07) is 9.70. The lowest BCUT2D eigenvalue weighted by Gasteiger charge is -2.22. The predicted octanol–water partition coefficient (Wildman–Crippen LogP) is 1.28. The number of benzene rings is 1. The number of amides is 1. The Morgan fingerprint density at radius 2 is 2.17 bits per heavy atom. The highest BCUT2D eigenvalue weighted by atomic mass is 16.2. The molecule has 3 aromatic rings. The predicted molar refractivity (Wildman–Crippen MR) is 83.2 cm³/mol. The van der Waals surface area contributed by atoms with Gasteiger partial charge in [-0.25, -0.2) is 4.68 Å². The molecule has 0 spiro atoms. The number of carbonyl (C=O) groups is 1. The zero-order valence-electron chi connectivity index (χ0n) is 12.4. The first-order valence-electron chi connectivity index (χ1n) is 7.59. The number of carbonyl (C=O) groups excluding carboxylic acids is 1. The second-order valence-electron chi connectivity index (χ2n) is 5.67. The van der Waals surface area contributed by atoms with Crippen molar-refractivity contribution in [1.82, 2.24) is 30.5 Å². The molecule has 0 saturated carbocycles. The summed E-state index contributed by atoms with van der Waals surface area (Å²) in [7, 11) is 0. The molecular weight excluding hydrogens is 292 g/mol. The third-order valence-electron chi connectivity index (χ3n) is 4.10. The topological polar surface area (TPSA) is 88.5 Å². The highest BCUT2D eigenvalue weighted by molar-refractivity contribution is 5.92. The highest BCUT2D eigenvalue weighted by Crippen LogP contribution is 2.19. The SMILES string of the molecule is O=C(NC1CCc2[nH]ncc2C1)c1cn(-c2ccccc2)nn1. The lowest BCUT2D eigenvalue weighted by Crippen LogP contribution is -2.38. The van der Waals surface area contributed by atoms with Gasteiger partial charge in [0.2, 0.25) is 0 Å². The van der Waals surface area contributed by atoms with E-state index in [1.165, 1.54) is 11.3 Å². The fourth-order valence-electron chi connectivity index (χ4n) is 2.87. The molecule has 1 aliphatic carbocycles. The van der Waals surface area contributed by atoms with E-state index in [9.17, 15) is 4.79 Å². The summed E-state index contributed by atoms with van der Waals surface area (Å²) < 4.78 is 1.60. The van der Waals surface area contributed by atoms with Crippen molar-refractivity contribution >= 4 is 5.91 Å². The maximum absolute atomic E-state index is 12.4. The molecule has 1 unspecified atom stereocenters. The summed E-state index contributed by atoms with van der Waals surface area (Å²) in [6.07, 6.45) is 6.07. The Morgan fingerprint density at radius 1 is 1.30 bits per heavy atom. The third kappa shape index (κ3) is 2.73. The van der Waals surface area contributed by atoms with Crippen LogP contribution in [0.3, 0.4) is 0 Å². The number of hydrogen-bond acceptors (Lipinski definition) is 4. The minimum absolute atomic E-state index is 0.106. The number of nitrogens with zero attached hydrogens (tertiary/aromatic N) is 4. The molecule has 1 aliphatic rings. The molecule has 7 heteroatoms. The molecule has 1 atom stereocenters. The van der Waals surface area contributed by atoms with E-state index in [-0.39, 0.29) is 11.9 Å². The van der Waals surface area contributed by atoms with Crippen LogP contribution < -0.4 is 5.32 Å². The van der Waals surface area contributed by atoms with Crippen molar-refractivity contribution in [3.05, 3.63) is 59.7 Å². The quantitative estimate of drug-likeness (QED) is 0.763. The lowest BCUT2D eigenvalue weighted by molar-refractivity contribution is 0.0928. The van der Waals surface area contributed by atoms with Gasteiger partial charge in [-0.3, -0.25) is 9.89 Å². The average molecular weight is 308 g/mol. The Morgan fingerprint density at radius 3 is 3.04 bits per heavy atom. The van der Waals surface area contributed by atoms with Gasteiger partial charge in [0.25, 0.3) is 5.91 Å². The monoisotopic (exact) mass is 308 g/mol. The van der Waals surface area contributed by atoms with Gasteiger partial charge in [0.1, 0.15) is 0 Å². The van der Waals surface area contributed by atoms with Gasteiger partial charge >= 0.3 is 0 Å². The van der Waals surface area contributed by atoms with Crippen molar-refractivity contribution < 1.29 is 4.79 Å². The van der Waals surface area contributed by atoms with Crippen molar-refractivity contribution in [2.45, 2.75) is 25.3 Å². The van der Waals surface area contributed by atoms with Crippen LogP contribution in [-0.4, -0.2) is 37.1 Å². The third-order valence-corrected chi connectivity index (χ3v) is 4.10. The van der Waals surface area contributed by atoms with Crippen LogP contribution in [0.5, 0.6) is 0 Å². The van der Waals surface area contributed by atoms with Crippen LogP contribution in [0.15, 0.2) is 42.7 Å². The van der Waals surface area contributed by atoms with Crippen LogP contribution in [0.25, 0.3) is 5.69 Å². The first-order chi connectivity index (χ1) is 11.3. The number of fused-ring (bicyclic) bond motifs is 1. The van der Waals surface area contributed by atoms with Crippen molar-refractivity contribution in [2.24, 2.45) is 0 Å². The average Bonchev–Trinajstić information content (AvgIpc) is 3.24. The second-order valence-corrected chi connectivity index (χ2v) is 5.67. The van der Waals surface area contributed by atoms with E-state index in [0.717, 1.165) is 24.9 Å². The minimum Gasteiger partial charge on any atom is -0.348 e. The van der Waals surface area contributed by atoms with Gasteiger partial charge in [0.15, 0.2) is 5.69 Å². The Labute approximate surface area is 132 Å². The van der Waals surface area contributed by atoms with Gasteiger partial charge in [-0.1, -0.05) is 23.4 Å². The number of aromatic nitrogens is 5. The van der Waals surface area contributed by atoms with Gasteiger partial charge in [0.05, 0.1) is 18.1 Å². The molecule has 7 nitrogen and oxygen atoms in total. The maximum Gasteiger partial charge on any atom is 0.273 e. The Kier molecular flexibility index (Phi) is 3.38. The molecule has 23 heavy (non-hydrogen) atoms. The van der Waals surface area contributed by atoms with Gasteiger partial charge < -0.3 is 5.32 Å². The summed E-state index contributed by atoms with van der Waals surface area (Å²) in [6.45, 7) is 0. The molecule has 1 amide bonds. The molecular formula is C16H16N6O. The van der Waals surface area contributed by atoms with Gasteiger partial charge in [-0.05, 0) is 37.0 Å². The van der Waals surface area contributed by atoms with E-state index in [2.05, 4.69) is 25.8 Å². The molecule has 0 aliphatic heterocycles. The van der Waals surface area contributed by atoms with Crippen molar-refractivity contribution in [1.29, 1.82) is 0 Å². The summed E-state index contributed by atoms with van der Waals surface area (Å²) >= 11 is 0. The number of aromatic amines is 1. The molecule has 116 valence electrons. The summed E-state index contributed by atoms with van der Waals surface area (Å²) in [5.41, 5.74) is 3.55. The summed E-state index contributed by atoms with van der Waals surface area (Å²) in [4.78, 5) is 12.4. The van der Waals surface area contributed by atoms with Crippen molar-refractivity contribution in [3.63, 3.8) is 0 Å². The van der Waals surface area contributed by atoms with E-state index in [4.69, 9.17) is 0 Å². The molecule has 2 aromatic heterocycles. The number of para-hydroxylation sites is 1. The van der Waals surface area contributed by atoms with E-state index >= 15 is 0 Å². The summed E-state index contributed by atoms with van der Waals surface area (Å²) in [5.74, 6) is -0.191. The largest absolute Gasteiger partial charge is 0.348 e. The maximum atomic E-state index is 12.4. The normalized spacial score (nSPS) is 16.8. The molecule has 2 heterocycles. The smallest absolute Gasteiger partial charge is 0.273 e. The van der Waals surface area contributed by atoms with Crippen molar-refractivity contribution in [3.8, 4) is 5.69 Å². The molecule has 0 fully saturated rings. The molecule has 0 saturated heterocycles. The number of rotatable bonds is 3. The number of nitrogens with one attached hydrogen (secondary N) is 2. The fraction of sp³-hybridized carbons (Fsp3) is 0.250. The van der Waals surface area contributed by atoms with Gasteiger partial charge in [-0.15, -0.1) is 5.10 Å². The van der Waals surface area contributed by atoms with E-state index < -0.39 is 0 Å². The number of H-pyrrole nitrogens is 1. The van der Waals surface area contributed by atoms with E-state index in [1.807, 2.05) is 36.5 Å². The van der Waals surface area contributed by atoms with Crippen LogP contribution in [0, 0.1) is 0 Å². The molecule has 4 rings (SSSR count). The Hall–Kier alpha value is -2.96. The van der Waals surface area contributed by atoms with Crippen LogP contribution in [0.1, 0.15) is 28.2 Å². The van der Waals surface area contributed by atoms with Crippen LogP contribution in [-0.2, 0) is 12.8 Å². The summed E-state index contributed by atoms with van der Waals surface area (Å²) in [5, 5.41) is 18.1. The molecule has 1 aromatic carbocycles. The first-order valence-corrected chi connectivity index (χ1v) is 7.59. The van der Waals surface area contributed by atoms with Gasteiger partial charge in [0, 0.05) is 11.7 Å². The minimum atomic E-state index is -0.191. The van der Waals surface area contributed by atoms with Crippen LogP contribution in [0.2, 0.25) is 0 Å².